The van der Waals surface area contributed by atoms with Crippen molar-refractivity contribution >= 4 is 69.8 Å². The molecule has 0 aliphatic carbocycles. The molecule has 4 N–H and O–H groups in total. The molecule has 196 valence electrons. The van der Waals surface area contributed by atoms with Crippen molar-refractivity contribution in [3.8, 4) is 0 Å². The number of hydrogen-bond acceptors (Lipinski definition) is 12. The van der Waals surface area contributed by atoms with Crippen molar-refractivity contribution in [2.75, 3.05) is 30.4 Å². The standard InChI is InChI=1S/C22H25N7O5S3/c1-3-34-27-14(16-26-21(23)37-28-16)17(30)25-15-18(31)29-9-22(20(32)33,11-36-19(15)29)10-35-7-6-13-5-4-12(2)24-8-13/h4-8,15,19H,3,9-11H2,1-2H3,(H,25,30)(H,32,33)(H2,23,26,28)/t15?,19-,22?/m1/s1. The predicted molar refractivity (Wildman–Crippen MR) is 143 cm³/mol. The van der Waals surface area contributed by atoms with E-state index in [1.165, 1.54) is 28.4 Å². The average molecular weight is 564 g/mol. The summed E-state index contributed by atoms with van der Waals surface area (Å²) in [5, 5.41) is 18.1. The topological polar surface area (TPSA) is 173 Å². The van der Waals surface area contributed by atoms with Crippen LogP contribution >= 0.6 is 35.1 Å². The maximum Gasteiger partial charge on any atom is 0.313 e. The average Bonchev–Trinajstić information content (AvgIpc) is 3.32. The van der Waals surface area contributed by atoms with Crippen molar-refractivity contribution in [2.45, 2.75) is 25.3 Å². The molecule has 2 saturated heterocycles. The monoisotopic (exact) mass is 563 g/mol. The Balaban J connectivity index is 1.38. The second kappa shape index (κ2) is 11.5. The van der Waals surface area contributed by atoms with Gasteiger partial charge in [0, 0.05) is 41.5 Å². The Bertz CT molecular complexity index is 1240. The Labute approximate surface area is 225 Å². The lowest BCUT2D eigenvalue weighted by Crippen LogP contribution is -2.74. The number of rotatable bonds is 10. The third-order valence-electron chi connectivity index (χ3n) is 5.69. The molecule has 0 bridgehead atoms. The van der Waals surface area contributed by atoms with Crippen molar-refractivity contribution in [3.05, 3.63) is 40.8 Å². The van der Waals surface area contributed by atoms with E-state index in [1.807, 2.05) is 30.5 Å². The van der Waals surface area contributed by atoms with Gasteiger partial charge in [0.1, 0.15) is 23.4 Å². The fourth-order valence-corrected chi connectivity index (χ4v) is 6.76. The van der Waals surface area contributed by atoms with Gasteiger partial charge in [-0.15, -0.1) is 23.5 Å². The number of carbonyl (C=O) groups is 3. The molecule has 12 nitrogen and oxygen atoms in total. The molecule has 2 aliphatic rings. The van der Waals surface area contributed by atoms with Crippen molar-refractivity contribution in [3.63, 3.8) is 0 Å². The number of aryl methyl sites for hydroxylation is 1. The molecule has 0 saturated carbocycles. The van der Waals surface area contributed by atoms with E-state index in [2.05, 4.69) is 24.8 Å². The zero-order valence-corrected chi connectivity index (χ0v) is 22.4. The molecule has 2 unspecified atom stereocenters. The van der Waals surface area contributed by atoms with E-state index in [1.54, 1.807) is 13.1 Å². The van der Waals surface area contributed by atoms with Gasteiger partial charge in [0.15, 0.2) is 5.13 Å². The highest BCUT2D eigenvalue weighted by Gasteiger charge is 2.57. The second-order valence-corrected chi connectivity index (χ2v) is 11.1. The van der Waals surface area contributed by atoms with Gasteiger partial charge in [-0.05, 0) is 37.0 Å². The number of thioether (sulfide) groups is 2. The van der Waals surface area contributed by atoms with Crippen LogP contribution in [0.1, 0.15) is 24.0 Å². The van der Waals surface area contributed by atoms with Crippen LogP contribution in [-0.4, -0.2) is 83.9 Å². The molecule has 4 rings (SSSR count). The minimum absolute atomic E-state index is 0.00441. The van der Waals surface area contributed by atoms with Gasteiger partial charge in [-0.1, -0.05) is 11.2 Å². The van der Waals surface area contributed by atoms with E-state index in [0.717, 1.165) is 22.8 Å². The maximum absolute atomic E-state index is 12.9. The number of carbonyl (C=O) groups excluding carboxylic acids is 2. The first-order valence-corrected chi connectivity index (χ1v) is 14.1. The molecule has 2 aliphatic heterocycles. The van der Waals surface area contributed by atoms with Gasteiger partial charge in [0.2, 0.25) is 17.4 Å². The van der Waals surface area contributed by atoms with Gasteiger partial charge in [-0.3, -0.25) is 19.4 Å². The van der Waals surface area contributed by atoms with E-state index in [-0.39, 0.29) is 41.1 Å². The highest BCUT2D eigenvalue weighted by molar-refractivity contribution is 8.02. The van der Waals surface area contributed by atoms with Gasteiger partial charge in [-0.2, -0.15) is 9.36 Å². The van der Waals surface area contributed by atoms with Crippen LogP contribution in [0.15, 0.2) is 28.9 Å². The smallest absolute Gasteiger partial charge is 0.313 e. The Kier molecular flexibility index (Phi) is 8.34. The highest BCUT2D eigenvalue weighted by atomic mass is 32.2. The summed E-state index contributed by atoms with van der Waals surface area (Å²) < 4.78 is 4.00. The quantitative estimate of drug-likeness (QED) is 0.217. The van der Waals surface area contributed by atoms with Crippen molar-refractivity contribution in [1.29, 1.82) is 0 Å². The molecule has 2 amide bonds. The van der Waals surface area contributed by atoms with Gasteiger partial charge in [-0.25, -0.2) is 0 Å². The number of nitrogen functional groups attached to an aromatic ring is 1. The third kappa shape index (κ3) is 5.88. The third-order valence-corrected chi connectivity index (χ3v) is 8.87. The lowest BCUT2D eigenvalue weighted by Gasteiger charge is -2.53. The number of aromatic nitrogens is 3. The normalized spacial score (nSPS) is 23.5. The van der Waals surface area contributed by atoms with Crippen LogP contribution in [-0.2, 0) is 19.2 Å². The van der Waals surface area contributed by atoms with E-state index in [9.17, 15) is 19.5 Å². The Morgan fingerprint density at radius 3 is 2.92 bits per heavy atom. The number of amides is 2. The van der Waals surface area contributed by atoms with Crippen LogP contribution in [0.25, 0.3) is 6.08 Å². The number of pyridine rings is 1. The zero-order chi connectivity index (χ0) is 26.6. The van der Waals surface area contributed by atoms with Crippen LogP contribution in [0, 0.1) is 12.3 Å². The van der Waals surface area contributed by atoms with Gasteiger partial charge < -0.3 is 25.9 Å². The highest BCUT2D eigenvalue weighted by Crippen LogP contribution is 2.43. The number of aliphatic carboxylic acids is 1. The number of hydrogen-bond donors (Lipinski definition) is 3. The fourth-order valence-electron chi connectivity index (χ4n) is 3.67. The number of nitrogens with two attached hydrogens (primary N) is 1. The largest absolute Gasteiger partial charge is 0.481 e. The van der Waals surface area contributed by atoms with E-state index >= 15 is 0 Å². The SMILES string of the molecule is CCON=C(C(=O)NC1C(=O)N2CC(CSC=Cc3ccc(C)nc3)(C(=O)O)CS[C@H]12)c1nsc(N)n1. The number of carboxylic acids is 1. The Morgan fingerprint density at radius 2 is 2.27 bits per heavy atom. The first-order valence-electron chi connectivity index (χ1n) is 11.2. The summed E-state index contributed by atoms with van der Waals surface area (Å²) in [6, 6.07) is 3.01. The molecule has 2 aromatic heterocycles. The van der Waals surface area contributed by atoms with Crippen molar-refractivity contribution in [1.82, 2.24) is 24.6 Å². The van der Waals surface area contributed by atoms with E-state index in [4.69, 9.17) is 10.6 Å². The van der Waals surface area contributed by atoms with Crippen LogP contribution < -0.4 is 11.1 Å². The molecule has 3 atom stereocenters. The summed E-state index contributed by atoms with van der Waals surface area (Å²) in [4.78, 5) is 52.8. The van der Waals surface area contributed by atoms with E-state index < -0.39 is 23.3 Å². The molecular weight excluding hydrogens is 538 g/mol. The molecule has 2 fully saturated rings. The van der Waals surface area contributed by atoms with Crippen LogP contribution in [0.3, 0.4) is 0 Å². The summed E-state index contributed by atoms with van der Waals surface area (Å²) in [5.41, 5.74) is 6.15. The lowest BCUT2D eigenvalue weighted by molar-refractivity contribution is -0.157. The molecular formula is C22H25N7O5S3. The van der Waals surface area contributed by atoms with Crippen LogP contribution in [0.4, 0.5) is 5.13 Å². The van der Waals surface area contributed by atoms with E-state index in [0.29, 0.717) is 11.5 Å². The predicted octanol–water partition coefficient (Wildman–Crippen LogP) is 1.44. The molecule has 2 aromatic rings. The fraction of sp³-hybridized carbons (Fsp3) is 0.409. The zero-order valence-electron chi connectivity index (χ0n) is 20.0. The molecule has 0 spiro atoms. The minimum atomic E-state index is -1.12. The Morgan fingerprint density at radius 1 is 1.46 bits per heavy atom. The summed E-state index contributed by atoms with van der Waals surface area (Å²) in [6.45, 7) is 3.89. The van der Waals surface area contributed by atoms with Gasteiger partial charge in [0.05, 0.1) is 0 Å². The van der Waals surface area contributed by atoms with Crippen molar-refractivity contribution in [2.24, 2.45) is 10.6 Å². The summed E-state index contributed by atoms with van der Waals surface area (Å²) in [5.74, 6) is -1.41. The number of nitrogens with one attached hydrogen (secondary N) is 1. The van der Waals surface area contributed by atoms with Gasteiger partial charge in [0.25, 0.3) is 5.91 Å². The number of oxime groups is 1. The summed E-state index contributed by atoms with van der Waals surface area (Å²) >= 11 is 3.61. The first kappa shape index (κ1) is 26.9. The molecule has 0 radical (unpaired) electrons. The maximum atomic E-state index is 12.9. The van der Waals surface area contributed by atoms with Gasteiger partial charge >= 0.3 is 5.97 Å². The summed E-state index contributed by atoms with van der Waals surface area (Å²) in [7, 11) is 0. The van der Waals surface area contributed by atoms with Crippen molar-refractivity contribution < 1.29 is 24.3 Å². The molecule has 37 heavy (non-hydrogen) atoms. The molecule has 0 aromatic carbocycles. The first-order chi connectivity index (χ1) is 17.7. The number of nitrogens with zero attached hydrogens (tertiary/aromatic N) is 5. The number of anilines is 1. The molecule has 4 heterocycles. The second-order valence-electron chi connectivity index (χ2n) is 8.36. The minimum Gasteiger partial charge on any atom is -0.481 e. The lowest BCUT2D eigenvalue weighted by atomic mass is 9.89. The number of β-lactam (4-membered cyclic amide) rings is 1. The number of fused-ring (bicyclic) bond motifs is 1. The molecule has 15 heteroatoms. The van der Waals surface area contributed by atoms with Crippen LogP contribution in [0.5, 0.6) is 0 Å². The number of carboxylic acid groups (broad SMARTS) is 1. The Hall–Kier alpha value is -3.17. The van der Waals surface area contributed by atoms with Crippen LogP contribution in [0.2, 0.25) is 0 Å². The summed E-state index contributed by atoms with van der Waals surface area (Å²) in [6.07, 6.45) is 3.62.